The van der Waals surface area contributed by atoms with E-state index in [1.54, 1.807) is 35.6 Å². The summed E-state index contributed by atoms with van der Waals surface area (Å²) in [7, 11) is 0. The van der Waals surface area contributed by atoms with Gasteiger partial charge in [0.2, 0.25) is 11.1 Å². The average molecular weight is 415 g/mol. The minimum Gasteiger partial charge on any atom is -0.326 e. The predicted molar refractivity (Wildman–Crippen MR) is 113 cm³/mol. The number of ketones is 1. The number of amides is 1. The van der Waals surface area contributed by atoms with Crippen molar-refractivity contribution in [3.05, 3.63) is 58.0 Å². The second-order valence-corrected chi connectivity index (χ2v) is 9.29. The Morgan fingerprint density at radius 1 is 1.18 bits per heavy atom. The maximum atomic E-state index is 12.4. The standard InChI is InChI=1S/C20H22N4O2S2/c1-20(2,3)18(26)21-14-8-6-13(7-9-14)16(25)12-28-19-22-17(23-24-19)11-15-5-4-10-27-15/h4-10H,11-12H2,1-3H3,(H,21,26)(H,22,23,24). The Morgan fingerprint density at radius 3 is 2.57 bits per heavy atom. The number of rotatable bonds is 7. The second-order valence-electron chi connectivity index (χ2n) is 7.31. The maximum absolute atomic E-state index is 12.4. The van der Waals surface area contributed by atoms with Crippen molar-refractivity contribution in [1.82, 2.24) is 15.2 Å². The fourth-order valence-corrected chi connectivity index (χ4v) is 3.69. The van der Waals surface area contributed by atoms with E-state index in [1.165, 1.54) is 16.6 Å². The number of aromatic amines is 1. The Bertz CT molecular complexity index is 942. The van der Waals surface area contributed by atoms with Crippen LogP contribution in [0.3, 0.4) is 0 Å². The largest absolute Gasteiger partial charge is 0.326 e. The molecule has 2 aromatic heterocycles. The Hall–Kier alpha value is -2.45. The van der Waals surface area contributed by atoms with Crippen LogP contribution in [0.1, 0.15) is 41.8 Å². The van der Waals surface area contributed by atoms with E-state index in [4.69, 9.17) is 0 Å². The van der Waals surface area contributed by atoms with Gasteiger partial charge in [0.15, 0.2) is 5.78 Å². The molecular weight excluding hydrogens is 392 g/mol. The number of Topliss-reactive ketones (excluding diaryl/α,β-unsaturated/α-hetero) is 1. The van der Waals surface area contributed by atoms with E-state index < -0.39 is 5.41 Å². The van der Waals surface area contributed by atoms with E-state index in [1.807, 2.05) is 32.2 Å². The second kappa shape index (κ2) is 8.70. The van der Waals surface area contributed by atoms with Crippen LogP contribution in [-0.4, -0.2) is 32.6 Å². The summed E-state index contributed by atoms with van der Waals surface area (Å²) >= 11 is 2.98. The summed E-state index contributed by atoms with van der Waals surface area (Å²) in [5.74, 6) is 0.967. The van der Waals surface area contributed by atoms with Crippen molar-refractivity contribution < 1.29 is 9.59 Å². The number of H-pyrrole nitrogens is 1. The minimum atomic E-state index is -0.468. The number of thioether (sulfide) groups is 1. The number of anilines is 1. The molecular formula is C20H22N4O2S2. The van der Waals surface area contributed by atoms with E-state index in [-0.39, 0.29) is 17.4 Å². The molecule has 3 aromatic rings. The highest BCUT2D eigenvalue weighted by molar-refractivity contribution is 7.99. The van der Waals surface area contributed by atoms with Crippen molar-refractivity contribution in [1.29, 1.82) is 0 Å². The van der Waals surface area contributed by atoms with Crippen LogP contribution in [0.5, 0.6) is 0 Å². The highest BCUT2D eigenvalue weighted by Crippen LogP contribution is 2.20. The zero-order valence-corrected chi connectivity index (χ0v) is 17.6. The predicted octanol–water partition coefficient (Wildman–Crippen LogP) is 4.42. The molecule has 0 bridgehead atoms. The molecule has 8 heteroatoms. The molecule has 146 valence electrons. The lowest BCUT2D eigenvalue weighted by Gasteiger charge is -2.17. The van der Waals surface area contributed by atoms with Crippen molar-refractivity contribution in [2.45, 2.75) is 32.3 Å². The molecule has 6 nitrogen and oxygen atoms in total. The third kappa shape index (κ3) is 5.53. The number of carbonyl (C=O) groups is 2. The molecule has 2 heterocycles. The molecule has 0 aliphatic rings. The molecule has 0 spiro atoms. The third-order valence-electron chi connectivity index (χ3n) is 3.91. The highest BCUT2D eigenvalue weighted by Gasteiger charge is 2.21. The number of carbonyl (C=O) groups excluding carboxylic acids is 2. The van der Waals surface area contributed by atoms with Crippen LogP contribution in [0.15, 0.2) is 46.9 Å². The molecule has 1 amide bonds. The van der Waals surface area contributed by atoms with Gasteiger partial charge in [0.25, 0.3) is 0 Å². The lowest BCUT2D eigenvalue weighted by atomic mass is 9.95. The SMILES string of the molecule is CC(C)(C)C(=O)Nc1ccc(C(=O)CSc2n[nH]c(Cc3cccs3)n2)cc1. The van der Waals surface area contributed by atoms with Gasteiger partial charge in [-0.2, -0.15) is 0 Å². The first-order valence-electron chi connectivity index (χ1n) is 8.82. The summed E-state index contributed by atoms with van der Waals surface area (Å²) in [4.78, 5) is 30.1. The first kappa shape index (κ1) is 20.3. The van der Waals surface area contributed by atoms with Crippen LogP contribution in [0, 0.1) is 5.41 Å². The average Bonchev–Trinajstić information content (AvgIpc) is 3.32. The van der Waals surface area contributed by atoms with Crippen LogP contribution in [0.4, 0.5) is 5.69 Å². The number of nitrogens with one attached hydrogen (secondary N) is 2. The van der Waals surface area contributed by atoms with Gasteiger partial charge in [-0.25, -0.2) is 4.98 Å². The monoisotopic (exact) mass is 414 g/mol. The van der Waals surface area contributed by atoms with E-state index in [0.29, 0.717) is 22.8 Å². The smallest absolute Gasteiger partial charge is 0.229 e. The first-order chi connectivity index (χ1) is 13.3. The molecule has 0 unspecified atom stereocenters. The molecule has 2 N–H and O–H groups in total. The van der Waals surface area contributed by atoms with Gasteiger partial charge < -0.3 is 5.32 Å². The van der Waals surface area contributed by atoms with Crippen LogP contribution >= 0.6 is 23.1 Å². The summed E-state index contributed by atoms with van der Waals surface area (Å²) in [6, 6.07) is 11.0. The summed E-state index contributed by atoms with van der Waals surface area (Å²) in [6.07, 6.45) is 0.709. The molecule has 0 fully saturated rings. The van der Waals surface area contributed by atoms with Gasteiger partial charge in [-0.1, -0.05) is 38.6 Å². The van der Waals surface area contributed by atoms with Crippen molar-refractivity contribution in [3.63, 3.8) is 0 Å². The van der Waals surface area contributed by atoms with Gasteiger partial charge >= 0.3 is 0 Å². The van der Waals surface area contributed by atoms with Gasteiger partial charge in [-0.3, -0.25) is 14.7 Å². The van der Waals surface area contributed by atoms with Gasteiger partial charge in [-0.15, -0.1) is 16.4 Å². The van der Waals surface area contributed by atoms with E-state index >= 15 is 0 Å². The number of nitrogens with zero attached hydrogens (tertiary/aromatic N) is 2. The van der Waals surface area contributed by atoms with Crippen molar-refractivity contribution in [3.8, 4) is 0 Å². The minimum absolute atomic E-state index is 0.0108. The molecule has 1 aromatic carbocycles. The highest BCUT2D eigenvalue weighted by atomic mass is 32.2. The topological polar surface area (TPSA) is 87.7 Å². The van der Waals surface area contributed by atoms with E-state index in [9.17, 15) is 9.59 Å². The van der Waals surface area contributed by atoms with Crippen LogP contribution < -0.4 is 5.32 Å². The lowest BCUT2D eigenvalue weighted by Crippen LogP contribution is -2.27. The van der Waals surface area contributed by atoms with Crippen molar-refractivity contribution >= 4 is 40.5 Å². The fourth-order valence-electron chi connectivity index (χ4n) is 2.27. The molecule has 28 heavy (non-hydrogen) atoms. The fraction of sp³-hybridized carbons (Fsp3) is 0.300. The van der Waals surface area contributed by atoms with Gasteiger partial charge in [0, 0.05) is 28.0 Å². The van der Waals surface area contributed by atoms with Gasteiger partial charge in [-0.05, 0) is 35.7 Å². The normalized spacial score (nSPS) is 11.4. The Labute approximate surface area is 172 Å². The molecule has 0 aliphatic heterocycles. The third-order valence-corrected chi connectivity index (χ3v) is 5.63. The summed E-state index contributed by atoms with van der Waals surface area (Å²) in [5.41, 5.74) is 0.802. The Kier molecular flexibility index (Phi) is 6.31. The molecule has 0 radical (unpaired) electrons. The number of aromatic nitrogens is 3. The van der Waals surface area contributed by atoms with Gasteiger partial charge in [0.1, 0.15) is 5.82 Å². The van der Waals surface area contributed by atoms with Crippen LogP contribution in [0.2, 0.25) is 0 Å². The van der Waals surface area contributed by atoms with Crippen molar-refractivity contribution in [2.75, 3.05) is 11.1 Å². The van der Waals surface area contributed by atoms with E-state index in [0.717, 1.165) is 5.82 Å². The zero-order valence-electron chi connectivity index (χ0n) is 16.0. The van der Waals surface area contributed by atoms with Crippen molar-refractivity contribution in [2.24, 2.45) is 5.41 Å². The summed E-state index contributed by atoms with van der Waals surface area (Å²) in [6.45, 7) is 5.56. The number of benzene rings is 1. The Balaban J connectivity index is 1.52. The molecule has 0 aliphatic carbocycles. The zero-order chi connectivity index (χ0) is 20.1. The molecule has 0 atom stereocenters. The Morgan fingerprint density at radius 2 is 1.93 bits per heavy atom. The van der Waals surface area contributed by atoms with Gasteiger partial charge in [0.05, 0.1) is 5.75 Å². The maximum Gasteiger partial charge on any atom is 0.229 e. The number of hydrogen-bond acceptors (Lipinski definition) is 6. The molecule has 0 saturated carbocycles. The van der Waals surface area contributed by atoms with Crippen LogP contribution in [0.25, 0.3) is 0 Å². The quantitative estimate of drug-likeness (QED) is 0.441. The number of thiophene rings is 1. The van der Waals surface area contributed by atoms with Crippen LogP contribution in [-0.2, 0) is 11.2 Å². The van der Waals surface area contributed by atoms with E-state index in [2.05, 4.69) is 26.6 Å². The lowest BCUT2D eigenvalue weighted by molar-refractivity contribution is -0.123. The summed E-state index contributed by atoms with van der Waals surface area (Å²) < 4.78 is 0. The molecule has 0 saturated heterocycles. The number of hydrogen-bond donors (Lipinski definition) is 2. The molecule has 3 rings (SSSR count). The summed E-state index contributed by atoms with van der Waals surface area (Å²) in [5, 5.41) is 12.5. The first-order valence-corrected chi connectivity index (χ1v) is 10.7.